The van der Waals surface area contributed by atoms with Crippen LogP contribution in [0.15, 0.2) is 89.6 Å². The average molecular weight is 499 g/mol. The molecule has 0 spiro atoms. The molecule has 0 bridgehead atoms. The summed E-state index contributed by atoms with van der Waals surface area (Å²) < 4.78 is 22.7. The highest BCUT2D eigenvalue weighted by atomic mass is 32.1. The zero-order valence-electron chi connectivity index (χ0n) is 18.1. The molecule has 6 rings (SSSR count). The number of ether oxygens (including phenoxy) is 2. The molecule has 6 aromatic rings. The Morgan fingerprint density at radius 2 is 1.12 bits per heavy atom. The lowest BCUT2D eigenvalue weighted by atomic mass is 10.0. The Hall–Kier alpha value is -3.52. The third-order valence-electron chi connectivity index (χ3n) is 5.36. The minimum atomic E-state index is 0.637. The molecule has 3 heterocycles. The first-order valence-electron chi connectivity index (χ1n) is 10.7. The van der Waals surface area contributed by atoms with E-state index in [9.17, 15) is 0 Å². The Balaban J connectivity index is 1.69. The van der Waals surface area contributed by atoms with Crippen molar-refractivity contribution >= 4 is 45.4 Å². The van der Waals surface area contributed by atoms with Gasteiger partial charge in [-0.2, -0.15) is 8.75 Å². The van der Waals surface area contributed by atoms with Crippen molar-refractivity contribution in [2.45, 2.75) is 6.92 Å². The van der Waals surface area contributed by atoms with E-state index in [1.54, 1.807) is 22.7 Å². The number of nitrogens with zero attached hydrogens (tertiary/aromatic N) is 2. The minimum absolute atomic E-state index is 0.637. The van der Waals surface area contributed by atoms with Crippen molar-refractivity contribution in [3.63, 3.8) is 0 Å². The second kappa shape index (κ2) is 9.02. The fraction of sp³-hybridized carbons (Fsp3) is 0.0370. The van der Waals surface area contributed by atoms with Gasteiger partial charge in [-0.15, -0.1) is 22.7 Å². The normalized spacial score (nSPS) is 11.1. The quantitative estimate of drug-likeness (QED) is 0.230. The van der Waals surface area contributed by atoms with Crippen LogP contribution in [0.1, 0.15) is 5.56 Å². The van der Waals surface area contributed by atoms with E-state index in [4.69, 9.17) is 18.2 Å². The van der Waals surface area contributed by atoms with Gasteiger partial charge >= 0.3 is 0 Å². The lowest BCUT2D eigenvalue weighted by molar-refractivity contribution is 0.422. The fourth-order valence-corrected chi connectivity index (χ4v) is 5.88. The molecule has 34 heavy (non-hydrogen) atoms. The van der Waals surface area contributed by atoms with Gasteiger partial charge in [0.2, 0.25) is 0 Å². The zero-order valence-corrected chi connectivity index (χ0v) is 20.5. The van der Waals surface area contributed by atoms with Crippen LogP contribution < -0.4 is 9.47 Å². The molecule has 3 aromatic heterocycles. The van der Waals surface area contributed by atoms with Crippen molar-refractivity contribution in [2.24, 2.45) is 0 Å². The van der Waals surface area contributed by atoms with Crippen LogP contribution >= 0.6 is 34.4 Å². The first kappa shape index (κ1) is 21.0. The summed E-state index contributed by atoms with van der Waals surface area (Å²) in [6.07, 6.45) is 0. The molecule has 0 fully saturated rings. The molecule has 4 nitrogen and oxygen atoms in total. The predicted octanol–water partition coefficient (Wildman–Crippen LogP) is 9.04. The molecular formula is C27H18N2O2S3. The summed E-state index contributed by atoms with van der Waals surface area (Å²) in [6.45, 7) is 2.06. The summed E-state index contributed by atoms with van der Waals surface area (Å²) in [6, 6.07) is 26.1. The second-order valence-corrected chi connectivity index (χ2v) is 10.1. The molecule has 0 unspecified atom stereocenters. The van der Waals surface area contributed by atoms with E-state index in [2.05, 4.69) is 29.8 Å². The maximum absolute atomic E-state index is 6.63. The van der Waals surface area contributed by atoms with Crippen LogP contribution in [0.5, 0.6) is 23.0 Å². The van der Waals surface area contributed by atoms with E-state index in [0.29, 0.717) is 11.5 Å². The minimum Gasteiger partial charge on any atom is -0.453 e. The predicted molar refractivity (Wildman–Crippen MR) is 142 cm³/mol. The molecule has 0 saturated heterocycles. The molecule has 0 atom stereocenters. The third kappa shape index (κ3) is 3.88. The lowest BCUT2D eigenvalue weighted by Gasteiger charge is -2.19. The summed E-state index contributed by atoms with van der Waals surface area (Å²) in [5.74, 6) is 2.74. The molecule has 0 aliphatic heterocycles. The summed E-state index contributed by atoms with van der Waals surface area (Å²) in [7, 11) is 0. The second-order valence-electron chi connectivity index (χ2n) is 7.65. The Bertz CT molecular complexity index is 1540. The lowest BCUT2D eigenvalue weighted by Crippen LogP contribution is -1.97. The van der Waals surface area contributed by atoms with Crippen LogP contribution in [0, 0.1) is 6.92 Å². The molecule has 0 saturated carbocycles. The Labute approximate surface area is 209 Å². The van der Waals surface area contributed by atoms with Gasteiger partial charge in [0.25, 0.3) is 0 Å². The number of benzene rings is 3. The van der Waals surface area contributed by atoms with Gasteiger partial charge in [-0.25, -0.2) is 0 Å². The largest absolute Gasteiger partial charge is 0.453 e. The van der Waals surface area contributed by atoms with Crippen LogP contribution in [0.25, 0.3) is 31.9 Å². The van der Waals surface area contributed by atoms with E-state index in [1.807, 2.05) is 66.7 Å². The number of hydrogen-bond donors (Lipinski definition) is 0. The van der Waals surface area contributed by atoms with Crippen LogP contribution in [0.4, 0.5) is 0 Å². The van der Waals surface area contributed by atoms with E-state index in [1.165, 1.54) is 17.3 Å². The molecule has 3 aromatic carbocycles. The van der Waals surface area contributed by atoms with Gasteiger partial charge in [0.15, 0.2) is 11.5 Å². The van der Waals surface area contributed by atoms with Crippen molar-refractivity contribution < 1.29 is 9.47 Å². The van der Waals surface area contributed by atoms with E-state index < -0.39 is 0 Å². The molecular weight excluding hydrogens is 481 g/mol. The highest BCUT2D eigenvalue weighted by Gasteiger charge is 2.28. The van der Waals surface area contributed by atoms with Gasteiger partial charge in [-0.1, -0.05) is 48.0 Å². The topological polar surface area (TPSA) is 44.2 Å². The molecule has 166 valence electrons. The maximum Gasteiger partial charge on any atom is 0.181 e. The number of aromatic nitrogens is 2. The van der Waals surface area contributed by atoms with Crippen molar-refractivity contribution in [1.29, 1.82) is 0 Å². The van der Waals surface area contributed by atoms with Gasteiger partial charge in [-0.05, 0) is 54.1 Å². The van der Waals surface area contributed by atoms with Crippen LogP contribution in [-0.4, -0.2) is 8.75 Å². The molecule has 0 amide bonds. The summed E-state index contributed by atoms with van der Waals surface area (Å²) >= 11 is 4.49. The summed E-state index contributed by atoms with van der Waals surface area (Å²) in [5.41, 5.74) is 4.59. The van der Waals surface area contributed by atoms with Gasteiger partial charge in [0.05, 0.1) is 22.9 Å². The number of rotatable bonds is 6. The molecule has 7 heteroatoms. The fourth-order valence-electron chi connectivity index (χ4n) is 3.78. The van der Waals surface area contributed by atoms with Crippen molar-refractivity contribution in [1.82, 2.24) is 8.75 Å². The first-order chi connectivity index (χ1) is 16.8. The number of para-hydroxylation sites is 1. The van der Waals surface area contributed by atoms with Gasteiger partial charge in [0.1, 0.15) is 22.5 Å². The van der Waals surface area contributed by atoms with Gasteiger partial charge in [0, 0.05) is 9.75 Å². The van der Waals surface area contributed by atoms with Crippen LogP contribution in [-0.2, 0) is 0 Å². The summed E-state index contributed by atoms with van der Waals surface area (Å²) in [5, 5.41) is 4.11. The summed E-state index contributed by atoms with van der Waals surface area (Å²) in [4.78, 5) is 2.10. The standard InChI is InChI=1S/C27H18N2O2S3/c1-17-11-13-19(14-12-17)31-27-23(21-10-6-16-33-21)25-24(28-34-29-25)22(20-9-5-15-32-20)26(27)30-18-7-3-2-4-8-18/h2-16H,1H3. The Morgan fingerprint density at radius 3 is 1.62 bits per heavy atom. The number of thiophene rings is 2. The maximum atomic E-state index is 6.63. The highest BCUT2D eigenvalue weighted by Crippen LogP contribution is 2.54. The zero-order chi connectivity index (χ0) is 22.9. The molecule has 0 aliphatic rings. The van der Waals surface area contributed by atoms with E-state index >= 15 is 0 Å². The Morgan fingerprint density at radius 1 is 0.588 bits per heavy atom. The smallest absolute Gasteiger partial charge is 0.181 e. The van der Waals surface area contributed by atoms with Gasteiger partial charge < -0.3 is 9.47 Å². The number of aryl methyl sites for hydroxylation is 1. The van der Waals surface area contributed by atoms with Crippen molar-refractivity contribution in [2.75, 3.05) is 0 Å². The first-order valence-corrected chi connectivity index (χ1v) is 13.1. The number of hydrogen-bond acceptors (Lipinski definition) is 7. The SMILES string of the molecule is Cc1ccc(Oc2c(Oc3ccccc3)c(-c3cccs3)c3nsnc3c2-c2cccs2)cc1. The Kier molecular flexibility index (Phi) is 5.58. The molecule has 0 radical (unpaired) electrons. The van der Waals surface area contributed by atoms with Gasteiger partial charge in [-0.3, -0.25) is 0 Å². The molecule has 0 aliphatic carbocycles. The third-order valence-corrected chi connectivity index (χ3v) is 7.66. The van der Waals surface area contributed by atoms with Crippen LogP contribution in [0.3, 0.4) is 0 Å². The monoisotopic (exact) mass is 498 g/mol. The van der Waals surface area contributed by atoms with Crippen molar-refractivity contribution in [3.8, 4) is 43.9 Å². The van der Waals surface area contributed by atoms with E-state index in [-0.39, 0.29) is 0 Å². The van der Waals surface area contributed by atoms with Crippen molar-refractivity contribution in [3.05, 3.63) is 95.2 Å². The van der Waals surface area contributed by atoms with E-state index in [0.717, 1.165) is 43.4 Å². The number of fused-ring (bicyclic) bond motifs is 1. The molecule has 0 N–H and O–H groups in total. The van der Waals surface area contributed by atoms with Crippen LogP contribution in [0.2, 0.25) is 0 Å². The average Bonchev–Trinajstić information content (AvgIpc) is 3.65. The highest BCUT2D eigenvalue weighted by molar-refractivity contribution is 7.14.